The van der Waals surface area contributed by atoms with Gasteiger partial charge in [0.25, 0.3) is 0 Å². The number of rotatable bonds is 8. The monoisotopic (exact) mass is 317 g/mol. The van der Waals surface area contributed by atoms with Crippen LogP contribution in [-0.4, -0.2) is 29.2 Å². The number of halogens is 3. The largest absolute Gasteiger partial charge is 0.481 e. The van der Waals surface area contributed by atoms with Gasteiger partial charge in [-0.1, -0.05) is 30.3 Å². The van der Waals surface area contributed by atoms with Crippen molar-refractivity contribution in [2.75, 3.05) is 0 Å². The Morgan fingerprint density at radius 2 is 1.77 bits per heavy atom. The van der Waals surface area contributed by atoms with Gasteiger partial charge in [0.15, 0.2) is 0 Å². The molecule has 1 aromatic carbocycles. The first-order chi connectivity index (χ1) is 10.3. The van der Waals surface area contributed by atoms with Gasteiger partial charge in [-0.2, -0.15) is 13.2 Å². The molecule has 0 spiro atoms. The van der Waals surface area contributed by atoms with Gasteiger partial charge in [-0.25, -0.2) is 0 Å². The summed E-state index contributed by atoms with van der Waals surface area (Å²) in [5.41, 5.74) is 0.883. The normalized spacial score (nSPS) is 12.7. The van der Waals surface area contributed by atoms with E-state index in [9.17, 15) is 22.8 Å². The Balaban J connectivity index is 2.57. The Kier molecular flexibility index (Phi) is 6.88. The van der Waals surface area contributed by atoms with E-state index in [4.69, 9.17) is 5.11 Å². The summed E-state index contributed by atoms with van der Waals surface area (Å²) in [6, 6.07) is 8.55. The zero-order valence-corrected chi connectivity index (χ0v) is 11.9. The number of carboxylic acid groups (broad SMARTS) is 1. The van der Waals surface area contributed by atoms with E-state index in [0.29, 0.717) is 6.42 Å². The number of carbonyl (C=O) groups is 2. The molecule has 0 radical (unpaired) electrons. The number of aliphatic carboxylic acids is 1. The number of hydrogen-bond acceptors (Lipinski definition) is 2. The van der Waals surface area contributed by atoms with Crippen LogP contribution in [0.5, 0.6) is 0 Å². The number of benzene rings is 1. The molecule has 0 saturated carbocycles. The fourth-order valence-corrected chi connectivity index (χ4v) is 1.98. The van der Waals surface area contributed by atoms with Crippen molar-refractivity contribution in [3.63, 3.8) is 0 Å². The van der Waals surface area contributed by atoms with E-state index in [2.05, 4.69) is 5.32 Å². The van der Waals surface area contributed by atoms with Crippen LogP contribution in [-0.2, 0) is 16.0 Å². The molecule has 0 fully saturated rings. The molecule has 0 bridgehead atoms. The molecule has 122 valence electrons. The standard InChI is InChI=1S/C15H18F3NO3/c16-15(17,18)9-8-13(20)19-12(6-7-14(21)22)10-11-4-2-1-3-5-11/h1-5,12H,6-10H2,(H,19,20)(H,21,22). The lowest BCUT2D eigenvalue weighted by Crippen LogP contribution is -2.37. The first kappa shape index (κ1) is 18.0. The molecular formula is C15H18F3NO3. The Bertz CT molecular complexity index is 489. The van der Waals surface area contributed by atoms with E-state index in [-0.39, 0.29) is 12.8 Å². The Hall–Kier alpha value is -2.05. The summed E-state index contributed by atoms with van der Waals surface area (Å²) in [5.74, 6) is -1.73. The zero-order valence-electron chi connectivity index (χ0n) is 11.9. The molecule has 0 aliphatic carbocycles. The SMILES string of the molecule is O=C(O)CCC(Cc1ccccc1)NC(=O)CCC(F)(F)F. The maximum absolute atomic E-state index is 12.1. The minimum atomic E-state index is -4.38. The molecule has 0 saturated heterocycles. The molecule has 0 heterocycles. The number of nitrogens with one attached hydrogen (secondary N) is 1. The number of hydrogen-bond donors (Lipinski definition) is 2. The van der Waals surface area contributed by atoms with E-state index in [1.807, 2.05) is 18.2 Å². The van der Waals surface area contributed by atoms with Crippen LogP contribution in [0.3, 0.4) is 0 Å². The molecule has 0 aromatic heterocycles. The summed E-state index contributed by atoms with van der Waals surface area (Å²) < 4.78 is 36.3. The van der Waals surface area contributed by atoms with Crippen LogP contribution >= 0.6 is 0 Å². The maximum atomic E-state index is 12.1. The second-order valence-electron chi connectivity index (χ2n) is 5.00. The topological polar surface area (TPSA) is 66.4 Å². The van der Waals surface area contributed by atoms with Gasteiger partial charge in [0, 0.05) is 18.9 Å². The molecule has 1 unspecified atom stereocenters. The smallest absolute Gasteiger partial charge is 0.389 e. The molecule has 1 rings (SSSR count). The van der Waals surface area contributed by atoms with Gasteiger partial charge in [0.1, 0.15) is 0 Å². The van der Waals surface area contributed by atoms with Crippen molar-refractivity contribution in [1.82, 2.24) is 5.32 Å². The lowest BCUT2D eigenvalue weighted by Gasteiger charge is -2.18. The van der Waals surface area contributed by atoms with Crippen molar-refractivity contribution < 1.29 is 27.9 Å². The van der Waals surface area contributed by atoms with E-state index in [1.165, 1.54) is 0 Å². The molecule has 1 atom stereocenters. The van der Waals surface area contributed by atoms with Crippen molar-refractivity contribution >= 4 is 11.9 Å². The van der Waals surface area contributed by atoms with Gasteiger partial charge in [0.05, 0.1) is 6.42 Å². The predicted molar refractivity (Wildman–Crippen MR) is 74.2 cm³/mol. The van der Waals surface area contributed by atoms with Crippen LogP contribution < -0.4 is 5.32 Å². The third kappa shape index (κ3) is 8.28. The lowest BCUT2D eigenvalue weighted by atomic mass is 10.0. The van der Waals surface area contributed by atoms with Crippen molar-refractivity contribution in [3.8, 4) is 0 Å². The molecular weight excluding hydrogens is 299 g/mol. The Morgan fingerprint density at radius 1 is 1.14 bits per heavy atom. The highest BCUT2D eigenvalue weighted by molar-refractivity contribution is 5.76. The predicted octanol–water partition coefficient (Wildman–Crippen LogP) is 2.92. The molecule has 1 aromatic rings. The van der Waals surface area contributed by atoms with Crippen molar-refractivity contribution in [1.29, 1.82) is 0 Å². The first-order valence-electron chi connectivity index (χ1n) is 6.88. The number of amides is 1. The highest BCUT2D eigenvalue weighted by Gasteiger charge is 2.28. The third-order valence-electron chi connectivity index (χ3n) is 3.03. The van der Waals surface area contributed by atoms with Gasteiger partial charge < -0.3 is 10.4 Å². The second kappa shape index (κ2) is 8.41. The van der Waals surface area contributed by atoms with E-state index < -0.39 is 36.9 Å². The summed E-state index contributed by atoms with van der Waals surface area (Å²) in [6.07, 6.45) is -5.82. The van der Waals surface area contributed by atoms with Crippen LogP contribution in [0.1, 0.15) is 31.2 Å². The lowest BCUT2D eigenvalue weighted by molar-refractivity contribution is -0.144. The Morgan fingerprint density at radius 3 is 2.32 bits per heavy atom. The summed E-state index contributed by atoms with van der Waals surface area (Å²) in [6.45, 7) is 0. The van der Waals surface area contributed by atoms with Crippen molar-refractivity contribution in [2.24, 2.45) is 0 Å². The summed E-state index contributed by atoms with van der Waals surface area (Å²) >= 11 is 0. The third-order valence-corrected chi connectivity index (χ3v) is 3.03. The zero-order chi connectivity index (χ0) is 16.6. The summed E-state index contributed by atoms with van der Waals surface area (Å²) in [5, 5.41) is 11.2. The molecule has 0 aliphatic heterocycles. The Labute approximate surface area is 126 Å². The quantitative estimate of drug-likeness (QED) is 0.775. The minimum absolute atomic E-state index is 0.156. The van der Waals surface area contributed by atoms with Crippen LogP contribution in [0.15, 0.2) is 30.3 Å². The molecule has 7 heteroatoms. The van der Waals surface area contributed by atoms with Gasteiger partial charge >= 0.3 is 12.1 Å². The summed E-state index contributed by atoms with van der Waals surface area (Å²) in [7, 11) is 0. The van der Waals surface area contributed by atoms with Gasteiger partial charge in [-0.05, 0) is 18.4 Å². The van der Waals surface area contributed by atoms with Gasteiger partial charge in [0.2, 0.25) is 5.91 Å². The van der Waals surface area contributed by atoms with Crippen LogP contribution in [0.4, 0.5) is 13.2 Å². The van der Waals surface area contributed by atoms with Gasteiger partial charge in [-0.3, -0.25) is 9.59 Å². The first-order valence-corrected chi connectivity index (χ1v) is 6.88. The fraction of sp³-hybridized carbons (Fsp3) is 0.467. The summed E-state index contributed by atoms with van der Waals surface area (Å²) in [4.78, 5) is 22.2. The van der Waals surface area contributed by atoms with Crippen LogP contribution in [0.25, 0.3) is 0 Å². The molecule has 22 heavy (non-hydrogen) atoms. The molecule has 0 aliphatic rings. The fourth-order valence-electron chi connectivity index (χ4n) is 1.98. The van der Waals surface area contributed by atoms with E-state index >= 15 is 0 Å². The van der Waals surface area contributed by atoms with Crippen LogP contribution in [0, 0.1) is 0 Å². The molecule has 1 amide bonds. The average molecular weight is 317 g/mol. The highest BCUT2D eigenvalue weighted by atomic mass is 19.4. The van der Waals surface area contributed by atoms with E-state index in [0.717, 1.165) is 5.56 Å². The second-order valence-corrected chi connectivity index (χ2v) is 5.00. The number of carbonyl (C=O) groups excluding carboxylic acids is 1. The minimum Gasteiger partial charge on any atom is -0.481 e. The van der Waals surface area contributed by atoms with Crippen molar-refractivity contribution in [2.45, 2.75) is 44.3 Å². The maximum Gasteiger partial charge on any atom is 0.389 e. The average Bonchev–Trinajstić information content (AvgIpc) is 2.43. The van der Waals surface area contributed by atoms with Gasteiger partial charge in [-0.15, -0.1) is 0 Å². The van der Waals surface area contributed by atoms with E-state index in [1.54, 1.807) is 12.1 Å². The molecule has 4 nitrogen and oxygen atoms in total. The number of alkyl halides is 3. The van der Waals surface area contributed by atoms with Crippen LogP contribution in [0.2, 0.25) is 0 Å². The van der Waals surface area contributed by atoms with Crippen molar-refractivity contribution in [3.05, 3.63) is 35.9 Å². The highest BCUT2D eigenvalue weighted by Crippen LogP contribution is 2.21. The molecule has 2 N–H and O–H groups in total. The number of carboxylic acids is 1.